The number of amides is 2. The first-order valence-corrected chi connectivity index (χ1v) is 6.33. The fourth-order valence-corrected chi connectivity index (χ4v) is 1.98. The minimum Gasteiger partial charge on any atom is -0.467 e. The highest BCUT2D eigenvalue weighted by molar-refractivity contribution is 7.80. The summed E-state index contributed by atoms with van der Waals surface area (Å²) in [5.41, 5.74) is 0. The van der Waals surface area contributed by atoms with Gasteiger partial charge in [0, 0.05) is 12.8 Å². The lowest BCUT2D eigenvalue weighted by molar-refractivity contribution is -0.137. The number of nitrogens with zero attached hydrogens (tertiary/aromatic N) is 2. The van der Waals surface area contributed by atoms with E-state index in [0.29, 0.717) is 5.76 Å². The van der Waals surface area contributed by atoms with Crippen molar-refractivity contribution >= 4 is 35.4 Å². The molecule has 1 aromatic heterocycles. The number of hydrogen-bond acceptors (Lipinski definition) is 5. The van der Waals surface area contributed by atoms with Gasteiger partial charge in [0.2, 0.25) is 11.8 Å². The molecule has 2 rings (SSSR count). The highest BCUT2D eigenvalue weighted by atomic mass is 32.1. The van der Waals surface area contributed by atoms with Gasteiger partial charge in [-0.05, 0) is 24.4 Å². The molecule has 1 aliphatic rings. The molecule has 0 aromatic carbocycles. The Morgan fingerprint density at radius 1 is 1.55 bits per heavy atom. The Labute approximate surface area is 121 Å². The summed E-state index contributed by atoms with van der Waals surface area (Å²) in [6, 6.07) is 3.51. The van der Waals surface area contributed by atoms with Crippen LogP contribution in [0.2, 0.25) is 0 Å². The molecule has 1 atom stereocenters. The highest BCUT2D eigenvalue weighted by Crippen LogP contribution is 2.10. The number of hydrogen-bond donors (Lipinski definition) is 1. The van der Waals surface area contributed by atoms with Crippen LogP contribution in [-0.2, 0) is 16.1 Å². The summed E-state index contributed by atoms with van der Waals surface area (Å²) in [4.78, 5) is 29.3. The van der Waals surface area contributed by atoms with Crippen molar-refractivity contribution in [2.75, 3.05) is 6.54 Å². The average Bonchev–Trinajstić information content (AvgIpc) is 2.91. The van der Waals surface area contributed by atoms with E-state index < -0.39 is 17.7 Å². The summed E-state index contributed by atoms with van der Waals surface area (Å²) in [5.74, 6) is -1.19. The maximum Gasteiger partial charge on any atom is 0.247 e. The Morgan fingerprint density at radius 3 is 3.00 bits per heavy atom. The van der Waals surface area contributed by atoms with E-state index in [2.05, 4.69) is 16.9 Å². The lowest BCUT2D eigenvalue weighted by Gasteiger charge is -2.29. The van der Waals surface area contributed by atoms with E-state index in [4.69, 9.17) is 16.6 Å². The molecule has 1 N–H and O–H groups in total. The van der Waals surface area contributed by atoms with E-state index in [-0.39, 0.29) is 18.2 Å². The van der Waals surface area contributed by atoms with Gasteiger partial charge in [-0.25, -0.2) is 0 Å². The molecule has 104 valence electrons. The van der Waals surface area contributed by atoms with Crippen LogP contribution in [0.1, 0.15) is 5.76 Å². The summed E-state index contributed by atoms with van der Waals surface area (Å²) in [5, 5.41) is 2.57. The molecule has 1 fully saturated rings. The molecule has 0 aliphatic carbocycles. The van der Waals surface area contributed by atoms with E-state index in [9.17, 15) is 9.59 Å². The number of furan rings is 1. The zero-order valence-electron chi connectivity index (χ0n) is 10.6. The van der Waals surface area contributed by atoms with Gasteiger partial charge in [-0.2, -0.15) is 0 Å². The molecule has 0 radical (unpaired) electrons. The van der Waals surface area contributed by atoms with Gasteiger partial charge >= 0.3 is 0 Å². The molecule has 0 spiro atoms. The Balaban J connectivity index is 2.07. The second-order valence-electron chi connectivity index (χ2n) is 4.08. The third-order valence-corrected chi connectivity index (χ3v) is 3.01. The average molecular weight is 291 g/mol. The Bertz CT molecular complexity index is 565. The fourth-order valence-electron chi connectivity index (χ4n) is 1.71. The molecular formula is C13H13N3O3S. The number of carbonyl (C=O) groups excluding carboxylic acids is 2. The topological polar surface area (TPSA) is 74.9 Å². The number of carbonyl (C=O) groups is 2. The molecule has 1 saturated heterocycles. The molecule has 6 nitrogen and oxygen atoms in total. The van der Waals surface area contributed by atoms with Crippen LogP contribution in [0.3, 0.4) is 0 Å². The Morgan fingerprint density at radius 2 is 2.35 bits per heavy atom. The van der Waals surface area contributed by atoms with Crippen molar-refractivity contribution in [1.82, 2.24) is 10.2 Å². The maximum absolute atomic E-state index is 12.1. The zero-order valence-corrected chi connectivity index (χ0v) is 11.4. The second-order valence-corrected chi connectivity index (χ2v) is 4.47. The van der Waals surface area contributed by atoms with Crippen LogP contribution < -0.4 is 5.32 Å². The van der Waals surface area contributed by atoms with Crippen molar-refractivity contribution in [3.63, 3.8) is 0 Å². The minimum absolute atomic E-state index is 0.0931. The van der Waals surface area contributed by atoms with Gasteiger partial charge in [-0.1, -0.05) is 6.08 Å². The van der Waals surface area contributed by atoms with Gasteiger partial charge in [0.05, 0.1) is 12.8 Å². The first-order chi connectivity index (χ1) is 9.63. The van der Waals surface area contributed by atoms with E-state index >= 15 is 0 Å². The highest BCUT2D eigenvalue weighted by Gasteiger charge is 2.36. The van der Waals surface area contributed by atoms with Crippen LogP contribution >= 0.6 is 12.2 Å². The summed E-state index contributed by atoms with van der Waals surface area (Å²) in [6.45, 7) is 4.08. The number of aliphatic imine (C=N–C) groups is 1. The van der Waals surface area contributed by atoms with Gasteiger partial charge in [0.15, 0.2) is 11.0 Å². The van der Waals surface area contributed by atoms with Gasteiger partial charge in [-0.3, -0.25) is 19.5 Å². The number of nitrogens with one attached hydrogen (secondary N) is 1. The SMILES string of the molecule is C=CCN1C(=O)[C@@H](C=NCc2ccco2)C(=O)NC1=S. The third-order valence-electron chi connectivity index (χ3n) is 2.68. The monoisotopic (exact) mass is 291 g/mol. The van der Waals surface area contributed by atoms with Crippen LogP contribution in [0.25, 0.3) is 0 Å². The Hall–Kier alpha value is -2.28. The van der Waals surface area contributed by atoms with Crippen molar-refractivity contribution in [1.29, 1.82) is 0 Å². The second kappa shape index (κ2) is 6.25. The van der Waals surface area contributed by atoms with Crippen LogP contribution in [0.4, 0.5) is 0 Å². The van der Waals surface area contributed by atoms with E-state index in [1.54, 1.807) is 18.2 Å². The normalized spacial score (nSPS) is 19.5. The van der Waals surface area contributed by atoms with Gasteiger partial charge in [-0.15, -0.1) is 6.58 Å². The molecule has 0 saturated carbocycles. The quantitative estimate of drug-likeness (QED) is 0.378. The van der Waals surface area contributed by atoms with Gasteiger partial charge < -0.3 is 9.73 Å². The molecular weight excluding hydrogens is 278 g/mol. The third kappa shape index (κ3) is 3.00. The summed E-state index contributed by atoms with van der Waals surface area (Å²) in [6.07, 6.45) is 4.39. The predicted octanol–water partition coefficient (Wildman–Crippen LogP) is 0.896. The summed E-state index contributed by atoms with van der Waals surface area (Å²) >= 11 is 4.94. The van der Waals surface area contributed by atoms with Crippen molar-refractivity contribution in [3.05, 3.63) is 36.8 Å². The standard InChI is InChI=1S/C13H13N3O3S/c1-2-5-16-12(18)10(11(17)15-13(16)20)8-14-7-9-4-3-6-19-9/h2-4,6,8,10H,1,5,7H2,(H,15,17,20)/t10-/m0/s1. The van der Waals surface area contributed by atoms with Crippen molar-refractivity contribution < 1.29 is 14.0 Å². The molecule has 20 heavy (non-hydrogen) atoms. The van der Waals surface area contributed by atoms with Crippen LogP contribution in [0.5, 0.6) is 0 Å². The van der Waals surface area contributed by atoms with E-state index in [1.807, 2.05) is 0 Å². The lowest BCUT2D eigenvalue weighted by atomic mass is 10.1. The predicted molar refractivity (Wildman–Crippen MR) is 77.0 cm³/mol. The molecule has 7 heteroatoms. The first-order valence-electron chi connectivity index (χ1n) is 5.93. The van der Waals surface area contributed by atoms with Crippen molar-refractivity contribution in [2.45, 2.75) is 6.54 Å². The number of rotatable bonds is 5. The van der Waals surface area contributed by atoms with Crippen molar-refractivity contribution in [2.24, 2.45) is 10.9 Å². The van der Waals surface area contributed by atoms with Gasteiger partial charge in [0.1, 0.15) is 5.76 Å². The first kappa shape index (κ1) is 14.1. The van der Waals surface area contributed by atoms with Gasteiger partial charge in [0.25, 0.3) is 0 Å². The summed E-state index contributed by atoms with van der Waals surface area (Å²) < 4.78 is 5.11. The van der Waals surface area contributed by atoms with Crippen LogP contribution in [0.15, 0.2) is 40.5 Å². The minimum atomic E-state index is -0.975. The molecule has 1 aliphatic heterocycles. The molecule has 2 heterocycles. The Kier molecular flexibility index (Phi) is 4.41. The molecule has 0 bridgehead atoms. The zero-order chi connectivity index (χ0) is 14.5. The largest absolute Gasteiger partial charge is 0.467 e. The maximum atomic E-state index is 12.1. The fraction of sp³-hybridized carbons (Fsp3) is 0.231. The smallest absolute Gasteiger partial charge is 0.247 e. The molecule has 2 amide bonds. The molecule has 1 aromatic rings. The lowest BCUT2D eigenvalue weighted by Crippen LogP contribution is -2.58. The van der Waals surface area contributed by atoms with E-state index in [0.717, 1.165) is 0 Å². The number of thiocarbonyl (C=S) groups is 1. The van der Waals surface area contributed by atoms with Crippen LogP contribution in [0, 0.1) is 5.92 Å². The van der Waals surface area contributed by atoms with Crippen LogP contribution in [-0.4, -0.2) is 34.6 Å². The molecule has 0 unspecified atom stereocenters. The van der Waals surface area contributed by atoms with Crippen molar-refractivity contribution in [3.8, 4) is 0 Å². The van der Waals surface area contributed by atoms with E-state index in [1.165, 1.54) is 17.4 Å². The summed E-state index contributed by atoms with van der Waals surface area (Å²) in [7, 11) is 0.